The van der Waals surface area contributed by atoms with Crippen LogP contribution in [0.2, 0.25) is 0 Å². The van der Waals surface area contributed by atoms with Crippen molar-refractivity contribution in [1.82, 2.24) is 14.6 Å². The summed E-state index contributed by atoms with van der Waals surface area (Å²) >= 11 is 0. The van der Waals surface area contributed by atoms with Crippen molar-refractivity contribution in [2.24, 2.45) is 0 Å². The number of hydrogen-bond acceptors (Lipinski definition) is 4. The molecule has 1 aromatic carbocycles. The van der Waals surface area contributed by atoms with Crippen LogP contribution in [-0.2, 0) is 0 Å². The summed E-state index contributed by atoms with van der Waals surface area (Å²) in [5.41, 5.74) is 8.92. The molecule has 0 aliphatic carbocycles. The fraction of sp³-hybridized carbons (Fsp3) is 0.0588. The number of pyridine rings is 1. The highest BCUT2D eigenvalue weighted by Crippen LogP contribution is 2.25. The van der Waals surface area contributed by atoms with Gasteiger partial charge in [-0.15, -0.1) is 5.10 Å². The SMILES string of the molecule is Cc1ccc(-c2nc3cc(-c4ccccc4)cc(N)n3n2)o1. The number of furan rings is 1. The molecule has 3 aromatic heterocycles. The fourth-order valence-electron chi connectivity index (χ4n) is 2.47. The zero-order valence-corrected chi connectivity index (χ0v) is 12.0. The van der Waals surface area contributed by atoms with Crippen LogP contribution in [0, 0.1) is 6.92 Å². The molecule has 5 nitrogen and oxygen atoms in total. The van der Waals surface area contributed by atoms with E-state index < -0.39 is 0 Å². The van der Waals surface area contributed by atoms with E-state index >= 15 is 0 Å². The maximum absolute atomic E-state index is 6.12. The molecule has 0 saturated heterocycles. The van der Waals surface area contributed by atoms with Crippen LogP contribution in [0.5, 0.6) is 0 Å². The minimum Gasteiger partial charge on any atom is -0.458 e. The number of hydrogen-bond donors (Lipinski definition) is 1. The first-order chi connectivity index (χ1) is 10.7. The zero-order chi connectivity index (χ0) is 15.1. The topological polar surface area (TPSA) is 69.3 Å². The number of benzene rings is 1. The lowest BCUT2D eigenvalue weighted by molar-refractivity contribution is 0.544. The molecule has 0 aliphatic rings. The number of rotatable bonds is 2. The molecule has 0 bridgehead atoms. The van der Waals surface area contributed by atoms with Crippen LogP contribution in [0.3, 0.4) is 0 Å². The number of nitrogens with zero attached hydrogens (tertiary/aromatic N) is 3. The maximum atomic E-state index is 6.12. The van der Waals surface area contributed by atoms with Gasteiger partial charge in [-0.25, -0.2) is 4.98 Å². The van der Waals surface area contributed by atoms with E-state index in [9.17, 15) is 0 Å². The summed E-state index contributed by atoms with van der Waals surface area (Å²) in [5, 5.41) is 4.42. The van der Waals surface area contributed by atoms with E-state index in [1.807, 2.05) is 61.5 Å². The van der Waals surface area contributed by atoms with Crippen LogP contribution in [0.4, 0.5) is 5.82 Å². The van der Waals surface area contributed by atoms with Crippen molar-refractivity contribution in [3.8, 4) is 22.7 Å². The Hall–Kier alpha value is -3.08. The van der Waals surface area contributed by atoms with Gasteiger partial charge in [-0.2, -0.15) is 4.52 Å². The van der Waals surface area contributed by atoms with Crippen molar-refractivity contribution in [3.63, 3.8) is 0 Å². The predicted octanol–water partition coefficient (Wildman–Crippen LogP) is 3.55. The first-order valence-corrected chi connectivity index (χ1v) is 6.99. The number of nitrogen functional groups attached to an aromatic ring is 1. The number of anilines is 1. The Morgan fingerprint density at radius 2 is 1.82 bits per heavy atom. The third kappa shape index (κ3) is 2.03. The van der Waals surface area contributed by atoms with Gasteiger partial charge >= 0.3 is 0 Å². The highest BCUT2D eigenvalue weighted by molar-refractivity contribution is 5.71. The van der Waals surface area contributed by atoms with E-state index in [0.717, 1.165) is 16.9 Å². The maximum Gasteiger partial charge on any atom is 0.217 e. The molecule has 0 aliphatic heterocycles. The van der Waals surface area contributed by atoms with Gasteiger partial charge in [-0.05, 0) is 42.3 Å². The standard InChI is InChI=1S/C17H14N4O/c1-11-7-8-14(22-11)17-19-16-10-13(9-15(18)21(16)20-17)12-5-3-2-4-6-12/h2-10H,18H2,1H3. The Balaban J connectivity index is 1.88. The minimum absolute atomic E-state index is 0.532. The molecule has 4 rings (SSSR count). The average molecular weight is 290 g/mol. The summed E-state index contributed by atoms with van der Waals surface area (Å²) in [4.78, 5) is 4.52. The number of aryl methyl sites for hydroxylation is 1. The van der Waals surface area contributed by atoms with Gasteiger partial charge in [-0.3, -0.25) is 0 Å². The molecule has 4 aromatic rings. The van der Waals surface area contributed by atoms with Gasteiger partial charge in [-0.1, -0.05) is 30.3 Å². The van der Waals surface area contributed by atoms with Crippen LogP contribution in [0.25, 0.3) is 28.4 Å². The Kier molecular flexibility index (Phi) is 2.72. The Morgan fingerprint density at radius 1 is 1.00 bits per heavy atom. The lowest BCUT2D eigenvalue weighted by Crippen LogP contribution is -1.98. The van der Waals surface area contributed by atoms with Gasteiger partial charge < -0.3 is 10.2 Å². The molecular formula is C17H14N4O. The third-order valence-electron chi connectivity index (χ3n) is 3.53. The summed E-state index contributed by atoms with van der Waals surface area (Å²) in [6, 6.07) is 17.7. The second-order valence-electron chi connectivity index (χ2n) is 5.15. The second kappa shape index (κ2) is 4.73. The van der Waals surface area contributed by atoms with Crippen molar-refractivity contribution in [3.05, 3.63) is 60.4 Å². The molecular weight excluding hydrogens is 276 g/mol. The monoisotopic (exact) mass is 290 g/mol. The average Bonchev–Trinajstić information content (AvgIpc) is 3.14. The van der Waals surface area contributed by atoms with Crippen molar-refractivity contribution in [2.75, 3.05) is 5.73 Å². The van der Waals surface area contributed by atoms with Crippen LogP contribution >= 0.6 is 0 Å². The van der Waals surface area contributed by atoms with Gasteiger partial charge in [0.15, 0.2) is 11.4 Å². The minimum atomic E-state index is 0.532. The lowest BCUT2D eigenvalue weighted by Gasteiger charge is -2.04. The van der Waals surface area contributed by atoms with Crippen LogP contribution in [0.1, 0.15) is 5.76 Å². The molecule has 0 amide bonds. The third-order valence-corrected chi connectivity index (χ3v) is 3.53. The van der Waals surface area contributed by atoms with Gasteiger partial charge in [0.1, 0.15) is 11.6 Å². The molecule has 108 valence electrons. The molecule has 22 heavy (non-hydrogen) atoms. The van der Waals surface area contributed by atoms with E-state index in [4.69, 9.17) is 10.2 Å². The Bertz CT molecular complexity index is 953. The summed E-state index contributed by atoms with van der Waals surface area (Å²) < 4.78 is 7.20. The molecule has 0 unspecified atom stereocenters. The van der Waals surface area contributed by atoms with Crippen molar-refractivity contribution in [1.29, 1.82) is 0 Å². The van der Waals surface area contributed by atoms with Crippen LogP contribution in [0.15, 0.2) is 59.0 Å². The first kappa shape index (κ1) is 12.6. The quantitative estimate of drug-likeness (QED) is 0.613. The van der Waals surface area contributed by atoms with Gasteiger partial charge in [0, 0.05) is 0 Å². The molecule has 3 heterocycles. The largest absolute Gasteiger partial charge is 0.458 e. The molecule has 0 radical (unpaired) electrons. The normalized spacial score (nSPS) is 11.1. The molecule has 0 spiro atoms. The van der Waals surface area contributed by atoms with Crippen LogP contribution < -0.4 is 5.73 Å². The van der Waals surface area contributed by atoms with Gasteiger partial charge in [0.2, 0.25) is 5.82 Å². The summed E-state index contributed by atoms with van der Waals surface area (Å²) in [6.45, 7) is 1.89. The molecule has 2 N–H and O–H groups in total. The second-order valence-corrected chi connectivity index (χ2v) is 5.15. The van der Waals surface area contributed by atoms with E-state index in [2.05, 4.69) is 10.1 Å². The summed E-state index contributed by atoms with van der Waals surface area (Å²) in [6.07, 6.45) is 0. The van der Waals surface area contributed by atoms with Crippen molar-refractivity contribution < 1.29 is 4.42 Å². The smallest absolute Gasteiger partial charge is 0.217 e. The molecule has 0 atom stereocenters. The summed E-state index contributed by atoms with van der Waals surface area (Å²) in [5.74, 6) is 2.54. The van der Waals surface area contributed by atoms with Crippen LogP contribution in [-0.4, -0.2) is 14.6 Å². The number of fused-ring (bicyclic) bond motifs is 1. The lowest BCUT2D eigenvalue weighted by atomic mass is 10.1. The highest BCUT2D eigenvalue weighted by atomic mass is 16.3. The summed E-state index contributed by atoms with van der Waals surface area (Å²) in [7, 11) is 0. The number of aromatic nitrogens is 3. The highest BCUT2D eigenvalue weighted by Gasteiger charge is 2.12. The van der Waals surface area contributed by atoms with Crippen molar-refractivity contribution >= 4 is 11.5 Å². The van der Waals surface area contributed by atoms with Gasteiger partial charge in [0.05, 0.1) is 0 Å². The zero-order valence-electron chi connectivity index (χ0n) is 12.0. The fourth-order valence-corrected chi connectivity index (χ4v) is 2.47. The molecule has 0 fully saturated rings. The number of nitrogens with two attached hydrogens (primary N) is 1. The van der Waals surface area contributed by atoms with E-state index in [0.29, 0.717) is 23.0 Å². The van der Waals surface area contributed by atoms with Crippen molar-refractivity contribution in [2.45, 2.75) is 6.92 Å². The van der Waals surface area contributed by atoms with E-state index in [1.165, 1.54) is 0 Å². The van der Waals surface area contributed by atoms with E-state index in [1.54, 1.807) is 4.52 Å². The van der Waals surface area contributed by atoms with E-state index in [-0.39, 0.29) is 0 Å². The van der Waals surface area contributed by atoms with Gasteiger partial charge in [0.25, 0.3) is 0 Å². The molecule has 5 heteroatoms. The predicted molar refractivity (Wildman–Crippen MR) is 85.3 cm³/mol. The first-order valence-electron chi connectivity index (χ1n) is 6.99. The molecule has 0 saturated carbocycles. The Morgan fingerprint density at radius 3 is 2.55 bits per heavy atom. The Labute approximate surface area is 127 Å².